The van der Waals surface area contributed by atoms with Crippen LogP contribution in [0.1, 0.15) is 27.8 Å². The summed E-state index contributed by atoms with van der Waals surface area (Å²) >= 11 is 0. The molecule has 5 aromatic carbocycles. The Hall–Kier alpha value is -5.55. The van der Waals surface area contributed by atoms with Crippen LogP contribution < -0.4 is 0 Å². The Morgan fingerprint density at radius 2 is 1.04 bits per heavy atom. The van der Waals surface area contributed by atoms with E-state index in [2.05, 4.69) is 0 Å². The number of nitriles is 2. The lowest BCUT2D eigenvalue weighted by Gasteiger charge is -2.23. The first-order chi connectivity index (χ1) is 21.6. The van der Waals surface area contributed by atoms with Crippen molar-refractivity contribution in [2.45, 2.75) is 18.5 Å². The molecule has 11 heteroatoms. The molecule has 0 fully saturated rings. The van der Waals surface area contributed by atoms with Crippen LogP contribution in [0.4, 0.5) is 39.5 Å². The summed E-state index contributed by atoms with van der Waals surface area (Å²) in [4.78, 5) is 0. The van der Waals surface area contributed by atoms with Gasteiger partial charge in [0.25, 0.3) is 0 Å². The molecule has 0 radical (unpaired) electrons. The second-order valence-electron chi connectivity index (χ2n) is 10.1. The van der Waals surface area contributed by atoms with Gasteiger partial charge in [0.05, 0.1) is 33.9 Å². The van der Waals surface area contributed by atoms with Gasteiger partial charge in [-0.1, -0.05) is 54.6 Å². The summed E-state index contributed by atoms with van der Waals surface area (Å²) in [7, 11) is 0. The van der Waals surface area contributed by atoms with Gasteiger partial charge in [0.15, 0.2) is 0 Å². The van der Waals surface area contributed by atoms with Gasteiger partial charge in [0.1, 0.15) is 6.07 Å². The highest BCUT2D eigenvalue weighted by Gasteiger charge is 2.36. The van der Waals surface area contributed by atoms with Crippen molar-refractivity contribution < 1.29 is 39.5 Å². The van der Waals surface area contributed by atoms with Crippen molar-refractivity contribution in [2.24, 2.45) is 0 Å². The molecule has 0 aromatic heterocycles. The smallest absolute Gasteiger partial charge is 0.192 e. The van der Waals surface area contributed by atoms with Crippen LogP contribution in [0.15, 0.2) is 103 Å². The summed E-state index contributed by atoms with van der Waals surface area (Å²) in [5.41, 5.74) is -4.33. The van der Waals surface area contributed by atoms with Crippen LogP contribution in [-0.2, 0) is 18.5 Å². The predicted molar refractivity (Wildman–Crippen MR) is 153 cm³/mol. The van der Waals surface area contributed by atoms with Gasteiger partial charge < -0.3 is 0 Å². The van der Waals surface area contributed by atoms with E-state index < -0.39 is 40.8 Å². The zero-order valence-electron chi connectivity index (χ0n) is 23.1. The maximum absolute atomic E-state index is 14.4. The van der Waals surface area contributed by atoms with E-state index in [1.54, 1.807) is 0 Å². The van der Waals surface area contributed by atoms with Gasteiger partial charge in [-0.3, -0.25) is 0 Å². The van der Waals surface area contributed by atoms with Gasteiger partial charge >= 0.3 is 18.5 Å². The number of alkyl halides is 9. The fourth-order valence-electron chi connectivity index (χ4n) is 5.19. The van der Waals surface area contributed by atoms with E-state index in [0.717, 1.165) is 42.5 Å². The maximum atomic E-state index is 14.4. The molecule has 0 unspecified atom stereocenters. The Bertz CT molecular complexity index is 2010. The highest BCUT2D eigenvalue weighted by atomic mass is 19.4. The number of benzene rings is 5. The highest BCUT2D eigenvalue weighted by Crippen LogP contribution is 2.49. The van der Waals surface area contributed by atoms with E-state index in [0.29, 0.717) is 18.2 Å². The second kappa shape index (κ2) is 11.8. The third-order valence-electron chi connectivity index (χ3n) is 7.27. The van der Waals surface area contributed by atoms with E-state index in [1.165, 1.54) is 42.5 Å². The molecule has 230 valence electrons. The average Bonchev–Trinajstić information content (AvgIpc) is 3.02. The van der Waals surface area contributed by atoms with E-state index in [-0.39, 0.29) is 50.1 Å². The van der Waals surface area contributed by atoms with Gasteiger partial charge in [-0.15, -0.1) is 0 Å². The Morgan fingerprint density at radius 1 is 0.435 bits per heavy atom. The van der Waals surface area contributed by atoms with Crippen molar-refractivity contribution in [3.05, 3.63) is 131 Å². The van der Waals surface area contributed by atoms with Gasteiger partial charge in [-0.05, 0) is 81.9 Å². The van der Waals surface area contributed by atoms with Crippen molar-refractivity contribution in [1.29, 1.82) is 10.5 Å². The van der Waals surface area contributed by atoms with Gasteiger partial charge in [-0.2, -0.15) is 50.0 Å². The Kier molecular flexibility index (Phi) is 8.14. The van der Waals surface area contributed by atoms with Crippen LogP contribution in [0, 0.1) is 22.7 Å². The fraction of sp³-hybridized carbons (Fsp3) is 0.0857. The molecule has 0 saturated heterocycles. The SMILES string of the molecule is N#Cc1ccc(-c2cc(-c3ccccc3C(F)(F)F)c(-c3cccc(C(F)(F)F)c3)c(-c3ccc(C(F)(F)F)cc3)c2C#N)cc1. The van der Waals surface area contributed by atoms with Crippen molar-refractivity contribution >= 4 is 0 Å². The van der Waals surface area contributed by atoms with Crippen LogP contribution in [0.3, 0.4) is 0 Å². The summed E-state index contributed by atoms with van der Waals surface area (Å²) < 4.78 is 125. The number of nitrogens with zero attached hydrogens (tertiary/aromatic N) is 2. The number of hydrogen-bond donors (Lipinski definition) is 0. The summed E-state index contributed by atoms with van der Waals surface area (Å²) in [6.07, 6.45) is -14.5. The lowest BCUT2D eigenvalue weighted by Crippen LogP contribution is -2.09. The molecule has 0 aliphatic heterocycles. The normalized spacial score (nSPS) is 12.0. The molecule has 0 heterocycles. The Labute approximate surface area is 256 Å². The third kappa shape index (κ3) is 6.18. The highest BCUT2D eigenvalue weighted by molar-refractivity contribution is 6.02. The van der Waals surface area contributed by atoms with Crippen LogP contribution in [0.2, 0.25) is 0 Å². The number of hydrogen-bond acceptors (Lipinski definition) is 2. The van der Waals surface area contributed by atoms with Crippen LogP contribution >= 0.6 is 0 Å². The lowest BCUT2D eigenvalue weighted by atomic mass is 9.80. The number of rotatable bonds is 4. The monoisotopic (exact) mass is 636 g/mol. The average molecular weight is 637 g/mol. The van der Waals surface area contributed by atoms with Crippen LogP contribution in [0.25, 0.3) is 44.5 Å². The van der Waals surface area contributed by atoms with E-state index in [1.807, 2.05) is 12.1 Å². The van der Waals surface area contributed by atoms with Crippen molar-refractivity contribution in [1.82, 2.24) is 0 Å². The zero-order chi connectivity index (χ0) is 33.4. The van der Waals surface area contributed by atoms with E-state index in [9.17, 15) is 50.0 Å². The lowest BCUT2D eigenvalue weighted by molar-refractivity contribution is -0.138. The Balaban J connectivity index is 2.01. The fourth-order valence-corrected chi connectivity index (χ4v) is 5.19. The third-order valence-corrected chi connectivity index (χ3v) is 7.27. The van der Waals surface area contributed by atoms with Gasteiger partial charge in [0.2, 0.25) is 0 Å². The Morgan fingerprint density at radius 3 is 1.61 bits per heavy atom. The standard InChI is InChI=1S/C35H17F9N2/c36-33(37,38)24-14-12-22(13-15-24)31-29(19-46)27(21-10-8-20(18-45)9-11-21)17-28(26-6-1-2-7-30(26)35(42,43)44)32(31)23-4-3-5-25(16-23)34(39,40)41/h1-17H. The van der Waals surface area contributed by atoms with Crippen molar-refractivity contribution in [2.75, 3.05) is 0 Å². The molecule has 5 aromatic rings. The molecular formula is C35H17F9N2. The molecule has 5 rings (SSSR count). The van der Waals surface area contributed by atoms with Crippen LogP contribution in [0.5, 0.6) is 0 Å². The minimum Gasteiger partial charge on any atom is -0.192 e. The quantitative estimate of drug-likeness (QED) is 0.184. The molecule has 0 amide bonds. The molecule has 0 bridgehead atoms. The second-order valence-corrected chi connectivity index (χ2v) is 10.1. The molecule has 2 nitrogen and oxygen atoms in total. The number of halogens is 9. The topological polar surface area (TPSA) is 47.6 Å². The summed E-state index contributed by atoms with van der Waals surface area (Å²) in [6.45, 7) is 0. The zero-order valence-corrected chi connectivity index (χ0v) is 23.1. The first kappa shape index (κ1) is 31.9. The minimum absolute atomic E-state index is 0.0459. The minimum atomic E-state index is -4.92. The van der Waals surface area contributed by atoms with E-state index >= 15 is 0 Å². The van der Waals surface area contributed by atoms with Gasteiger partial charge in [0, 0.05) is 11.1 Å². The molecule has 0 saturated carbocycles. The maximum Gasteiger partial charge on any atom is 0.417 e. The molecule has 0 aliphatic rings. The largest absolute Gasteiger partial charge is 0.417 e. The molecule has 0 atom stereocenters. The van der Waals surface area contributed by atoms with Crippen LogP contribution in [-0.4, -0.2) is 0 Å². The van der Waals surface area contributed by atoms with Gasteiger partial charge in [-0.25, -0.2) is 0 Å². The summed E-state index contributed by atoms with van der Waals surface area (Å²) in [5.74, 6) is 0. The summed E-state index contributed by atoms with van der Waals surface area (Å²) in [5, 5.41) is 19.7. The molecule has 0 spiro atoms. The molecule has 0 aliphatic carbocycles. The first-order valence-corrected chi connectivity index (χ1v) is 13.3. The predicted octanol–water partition coefficient (Wildman–Crippen LogP) is 11.2. The summed E-state index contributed by atoms with van der Waals surface area (Å²) in [6, 6.07) is 22.4. The molecule has 46 heavy (non-hydrogen) atoms. The first-order valence-electron chi connectivity index (χ1n) is 13.3. The van der Waals surface area contributed by atoms with E-state index in [4.69, 9.17) is 0 Å². The molecular weight excluding hydrogens is 619 g/mol. The molecule has 0 N–H and O–H groups in total. The van der Waals surface area contributed by atoms with Crippen molar-refractivity contribution in [3.8, 4) is 56.6 Å². The van der Waals surface area contributed by atoms with Crippen molar-refractivity contribution in [3.63, 3.8) is 0 Å².